The van der Waals surface area contributed by atoms with Crippen molar-refractivity contribution in [1.29, 1.82) is 0 Å². The minimum absolute atomic E-state index is 0.00291. The van der Waals surface area contributed by atoms with Crippen molar-refractivity contribution in [2.45, 2.75) is 33.4 Å². The SMILES string of the molecule is CNC(CCO)OC(=O)C(C)(C)C. The van der Waals surface area contributed by atoms with Crippen LogP contribution in [0.5, 0.6) is 0 Å². The smallest absolute Gasteiger partial charge is 0.312 e. The lowest BCUT2D eigenvalue weighted by molar-refractivity contribution is -0.160. The Morgan fingerprint density at radius 2 is 2.08 bits per heavy atom. The van der Waals surface area contributed by atoms with Gasteiger partial charge in [0, 0.05) is 13.0 Å². The number of aliphatic hydroxyl groups excluding tert-OH is 1. The lowest BCUT2D eigenvalue weighted by atomic mass is 9.97. The summed E-state index contributed by atoms with van der Waals surface area (Å²) in [6.45, 7) is 5.38. The third-order valence-corrected chi connectivity index (χ3v) is 1.57. The summed E-state index contributed by atoms with van der Waals surface area (Å²) in [6.07, 6.45) is 0.0231. The Balaban J connectivity index is 4.01. The van der Waals surface area contributed by atoms with E-state index in [2.05, 4.69) is 5.32 Å². The van der Waals surface area contributed by atoms with Crippen LogP contribution in [0.4, 0.5) is 0 Å². The Kier molecular flexibility index (Phi) is 4.95. The zero-order chi connectivity index (χ0) is 10.5. The summed E-state index contributed by atoms with van der Waals surface area (Å²) >= 11 is 0. The van der Waals surface area contributed by atoms with E-state index in [1.54, 1.807) is 27.8 Å². The summed E-state index contributed by atoms with van der Waals surface area (Å²) in [5.74, 6) is -0.264. The van der Waals surface area contributed by atoms with Crippen molar-refractivity contribution in [2.75, 3.05) is 13.7 Å². The summed E-state index contributed by atoms with van der Waals surface area (Å²) < 4.78 is 5.09. The second kappa shape index (κ2) is 5.19. The standard InChI is InChI=1S/C9H19NO3/c1-9(2,3)8(12)13-7(10-4)5-6-11/h7,10-11H,5-6H2,1-4H3. The number of hydrogen-bond acceptors (Lipinski definition) is 4. The van der Waals surface area contributed by atoms with E-state index in [-0.39, 0.29) is 12.6 Å². The molecular weight excluding hydrogens is 170 g/mol. The quantitative estimate of drug-likeness (QED) is 0.499. The topological polar surface area (TPSA) is 58.6 Å². The van der Waals surface area contributed by atoms with Gasteiger partial charge in [-0.1, -0.05) is 0 Å². The highest BCUT2D eigenvalue weighted by Crippen LogP contribution is 2.16. The van der Waals surface area contributed by atoms with Crippen molar-refractivity contribution in [3.8, 4) is 0 Å². The first-order valence-electron chi connectivity index (χ1n) is 4.41. The van der Waals surface area contributed by atoms with Crippen LogP contribution in [-0.4, -0.2) is 31.0 Å². The monoisotopic (exact) mass is 189 g/mol. The molecule has 0 fully saturated rings. The maximum absolute atomic E-state index is 11.4. The van der Waals surface area contributed by atoms with E-state index in [1.807, 2.05) is 0 Å². The molecule has 78 valence electrons. The van der Waals surface area contributed by atoms with Crippen molar-refractivity contribution in [2.24, 2.45) is 5.41 Å². The van der Waals surface area contributed by atoms with Gasteiger partial charge in [-0.25, -0.2) is 0 Å². The van der Waals surface area contributed by atoms with Gasteiger partial charge in [0.25, 0.3) is 0 Å². The first-order valence-corrected chi connectivity index (χ1v) is 4.41. The number of carbonyl (C=O) groups is 1. The predicted molar refractivity (Wildman–Crippen MR) is 50.1 cm³/mol. The Labute approximate surface area is 79.3 Å². The summed E-state index contributed by atoms with van der Waals surface area (Å²) in [5, 5.41) is 11.5. The van der Waals surface area contributed by atoms with E-state index in [0.29, 0.717) is 6.42 Å². The van der Waals surface area contributed by atoms with Crippen LogP contribution in [0, 0.1) is 5.41 Å². The molecule has 4 nitrogen and oxygen atoms in total. The first kappa shape index (κ1) is 12.4. The van der Waals surface area contributed by atoms with Crippen LogP contribution in [0.25, 0.3) is 0 Å². The van der Waals surface area contributed by atoms with E-state index < -0.39 is 11.6 Å². The zero-order valence-electron chi connectivity index (χ0n) is 8.76. The third kappa shape index (κ3) is 4.85. The fourth-order valence-corrected chi connectivity index (χ4v) is 0.685. The maximum Gasteiger partial charge on any atom is 0.312 e. The molecule has 0 bridgehead atoms. The minimum atomic E-state index is -0.495. The highest BCUT2D eigenvalue weighted by Gasteiger charge is 2.25. The Morgan fingerprint density at radius 3 is 2.38 bits per heavy atom. The van der Waals surface area contributed by atoms with Crippen molar-refractivity contribution in [1.82, 2.24) is 5.32 Å². The van der Waals surface area contributed by atoms with Crippen LogP contribution >= 0.6 is 0 Å². The Morgan fingerprint density at radius 1 is 1.54 bits per heavy atom. The van der Waals surface area contributed by atoms with Crippen LogP contribution in [0.15, 0.2) is 0 Å². The second-order valence-corrected chi connectivity index (χ2v) is 3.94. The van der Waals surface area contributed by atoms with Crippen LogP contribution in [0.1, 0.15) is 27.2 Å². The Hall–Kier alpha value is -0.610. The van der Waals surface area contributed by atoms with Gasteiger partial charge in [0.05, 0.1) is 5.41 Å². The number of rotatable bonds is 4. The molecule has 0 spiro atoms. The predicted octanol–water partition coefficient (Wildman–Crippen LogP) is 0.504. The highest BCUT2D eigenvalue weighted by atomic mass is 16.6. The number of hydrogen-bond donors (Lipinski definition) is 2. The molecule has 0 aliphatic carbocycles. The minimum Gasteiger partial charge on any atom is -0.446 e. The summed E-state index contributed by atoms with van der Waals surface area (Å²) in [4.78, 5) is 11.4. The van der Waals surface area contributed by atoms with Gasteiger partial charge in [-0.2, -0.15) is 0 Å². The highest BCUT2D eigenvalue weighted by molar-refractivity contribution is 5.75. The van der Waals surface area contributed by atoms with Crippen LogP contribution in [0.2, 0.25) is 0 Å². The average Bonchev–Trinajstić information content (AvgIpc) is 2.01. The molecule has 0 heterocycles. The molecule has 0 aromatic carbocycles. The first-order chi connectivity index (χ1) is 5.91. The number of ether oxygens (including phenoxy) is 1. The molecule has 0 saturated carbocycles. The summed E-state index contributed by atoms with van der Waals surface area (Å²) in [6, 6.07) is 0. The molecule has 0 aromatic heterocycles. The van der Waals surface area contributed by atoms with Crippen molar-refractivity contribution >= 4 is 5.97 Å². The summed E-state index contributed by atoms with van der Waals surface area (Å²) in [5.41, 5.74) is -0.495. The van der Waals surface area contributed by atoms with Crippen LogP contribution in [-0.2, 0) is 9.53 Å². The van der Waals surface area contributed by atoms with Gasteiger partial charge in [0.1, 0.15) is 0 Å². The van der Waals surface area contributed by atoms with Gasteiger partial charge in [0.15, 0.2) is 6.23 Å². The zero-order valence-corrected chi connectivity index (χ0v) is 8.76. The van der Waals surface area contributed by atoms with Crippen molar-refractivity contribution in [3.05, 3.63) is 0 Å². The molecule has 0 aliphatic rings. The van der Waals surface area contributed by atoms with Crippen LogP contribution < -0.4 is 5.32 Å². The van der Waals surface area contributed by atoms with E-state index >= 15 is 0 Å². The van der Waals surface area contributed by atoms with Gasteiger partial charge >= 0.3 is 5.97 Å². The molecular formula is C9H19NO3. The fraction of sp³-hybridized carbons (Fsp3) is 0.889. The van der Waals surface area contributed by atoms with Gasteiger partial charge in [-0.15, -0.1) is 0 Å². The molecule has 0 saturated heterocycles. The molecule has 0 radical (unpaired) electrons. The number of nitrogens with one attached hydrogen (secondary N) is 1. The lowest BCUT2D eigenvalue weighted by Gasteiger charge is -2.22. The molecule has 2 N–H and O–H groups in total. The van der Waals surface area contributed by atoms with E-state index in [4.69, 9.17) is 9.84 Å². The largest absolute Gasteiger partial charge is 0.446 e. The molecule has 13 heavy (non-hydrogen) atoms. The summed E-state index contributed by atoms with van der Waals surface area (Å²) in [7, 11) is 1.69. The molecule has 1 atom stereocenters. The average molecular weight is 189 g/mol. The normalized spacial score (nSPS) is 13.9. The molecule has 0 amide bonds. The van der Waals surface area contributed by atoms with Crippen LogP contribution in [0.3, 0.4) is 0 Å². The molecule has 0 aliphatic heterocycles. The van der Waals surface area contributed by atoms with E-state index in [9.17, 15) is 4.79 Å². The van der Waals surface area contributed by atoms with Crippen molar-refractivity contribution < 1.29 is 14.6 Å². The van der Waals surface area contributed by atoms with E-state index in [1.165, 1.54) is 0 Å². The molecule has 0 aromatic rings. The molecule has 1 unspecified atom stereocenters. The number of esters is 1. The Bertz CT molecular complexity index is 163. The van der Waals surface area contributed by atoms with Gasteiger partial charge in [-0.05, 0) is 27.8 Å². The van der Waals surface area contributed by atoms with Gasteiger partial charge < -0.3 is 9.84 Å². The third-order valence-electron chi connectivity index (χ3n) is 1.57. The fourth-order valence-electron chi connectivity index (χ4n) is 0.685. The number of aliphatic hydroxyl groups is 1. The molecule has 0 rings (SSSR count). The number of carbonyl (C=O) groups excluding carboxylic acids is 1. The maximum atomic E-state index is 11.4. The van der Waals surface area contributed by atoms with Gasteiger partial charge in [-0.3, -0.25) is 10.1 Å². The van der Waals surface area contributed by atoms with Crippen molar-refractivity contribution in [3.63, 3.8) is 0 Å². The molecule has 4 heteroatoms. The second-order valence-electron chi connectivity index (χ2n) is 3.94. The van der Waals surface area contributed by atoms with E-state index in [0.717, 1.165) is 0 Å². The lowest BCUT2D eigenvalue weighted by Crippen LogP contribution is -2.36. The van der Waals surface area contributed by atoms with Gasteiger partial charge in [0.2, 0.25) is 0 Å².